The average molecular weight is 476 g/mol. The van der Waals surface area contributed by atoms with E-state index >= 15 is 0 Å². The van der Waals surface area contributed by atoms with Gasteiger partial charge in [-0.1, -0.05) is 0 Å². The number of rotatable bonds is 6. The van der Waals surface area contributed by atoms with Gasteiger partial charge in [-0.05, 0) is 43.2 Å². The van der Waals surface area contributed by atoms with Crippen LogP contribution >= 0.6 is 0 Å². The number of morpholine rings is 1. The molecule has 0 bridgehead atoms. The molecule has 2 aromatic carbocycles. The van der Waals surface area contributed by atoms with E-state index in [2.05, 4.69) is 15.5 Å². The summed E-state index contributed by atoms with van der Waals surface area (Å²) in [4.78, 5) is 25.2. The quantitative estimate of drug-likeness (QED) is 0.485. The first-order chi connectivity index (χ1) is 15.8. The maximum Gasteiger partial charge on any atom is 0.323 e. The summed E-state index contributed by atoms with van der Waals surface area (Å²) in [5, 5.41) is 16.2. The van der Waals surface area contributed by atoms with Crippen LogP contribution in [0.3, 0.4) is 0 Å². The lowest BCUT2D eigenvalue weighted by atomic mass is 10.2. The van der Waals surface area contributed by atoms with Crippen LogP contribution in [0.2, 0.25) is 0 Å². The molecule has 2 aromatic rings. The normalized spacial score (nSPS) is 17.0. The third kappa shape index (κ3) is 5.24. The largest absolute Gasteiger partial charge is 0.379 e. The number of amides is 2. The summed E-state index contributed by atoms with van der Waals surface area (Å²) in [5.41, 5.74) is 1.41. The van der Waals surface area contributed by atoms with Crippen molar-refractivity contribution in [2.45, 2.75) is 17.7 Å². The number of non-ortho nitro benzene ring substituents is 1. The molecule has 2 saturated heterocycles. The molecule has 0 aromatic heterocycles. The van der Waals surface area contributed by atoms with Crippen molar-refractivity contribution in [1.29, 1.82) is 0 Å². The molecule has 2 heterocycles. The van der Waals surface area contributed by atoms with Crippen molar-refractivity contribution >= 4 is 38.8 Å². The maximum absolute atomic E-state index is 13.1. The fourth-order valence-corrected chi connectivity index (χ4v) is 5.33. The van der Waals surface area contributed by atoms with E-state index in [0.717, 1.165) is 31.6 Å². The van der Waals surface area contributed by atoms with Gasteiger partial charge in [0.05, 0.1) is 34.4 Å². The van der Waals surface area contributed by atoms with Gasteiger partial charge in [0.25, 0.3) is 5.69 Å². The van der Waals surface area contributed by atoms with E-state index < -0.39 is 21.0 Å². The van der Waals surface area contributed by atoms with Crippen LogP contribution in [0.1, 0.15) is 12.8 Å². The summed E-state index contributed by atoms with van der Waals surface area (Å²) in [6.45, 7) is 2.86. The number of carbonyl (C=O) groups excluding carboxylic acids is 1. The number of nitrogens with one attached hydrogen (secondary N) is 2. The Morgan fingerprint density at radius 2 is 1.64 bits per heavy atom. The van der Waals surface area contributed by atoms with Gasteiger partial charge in [0.2, 0.25) is 10.0 Å². The topological polar surface area (TPSA) is 134 Å². The second-order valence-corrected chi connectivity index (χ2v) is 9.71. The zero-order valence-electron chi connectivity index (χ0n) is 17.9. The molecule has 176 valence electrons. The van der Waals surface area contributed by atoms with Gasteiger partial charge in [0, 0.05) is 44.0 Å². The second-order valence-electron chi connectivity index (χ2n) is 7.77. The van der Waals surface area contributed by atoms with Crippen LogP contribution in [-0.4, -0.2) is 63.1 Å². The van der Waals surface area contributed by atoms with Crippen LogP contribution in [0.4, 0.5) is 27.5 Å². The van der Waals surface area contributed by atoms with E-state index in [9.17, 15) is 23.3 Å². The van der Waals surface area contributed by atoms with Gasteiger partial charge in [-0.3, -0.25) is 10.1 Å². The zero-order chi connectivity index (χ0) is 23.4. The molecule has 4 rings (SSSR count). The van der Waals surface area contributed by atoms with Crippen molar-refractivity contribution in [3.63, 3.8) is 0 Å². The number of nitro groups is 1. The molecule has 0 spiro atoms. The van der Waals surface area contributed by atoms with Crippen LogP contribution in [0.5, 0.6) is 0 Å². The third-order valence-corrected chi connectivity index (χ3v) is 7.50. The van der Waals surface area contributed by atoms with Crippen molar-refractivity contribution in [3.05, 3.63) is 52.6 Å². The highest BCUT2D eigenvalue weighted by atomic mass is 32.2. The van der Waals surface area contributed by atoms with Gasteiger partial charge in [-0.15, -0.1) is 0 Å². The molecular weight excluding hydrogens is 450 g/mol. The molecular formula is C21H25N5O6S. The molecule has 2 fully saturated rings. The number of sulfonamides is 1. The van der Waals surface area contributed by atoms with E-state index in [1.54, 1.807) is 12.1 Å². The first kappa shape index (κ1) is 23.0. The van der Waals surface area contributed by atoms with Crippen molar-refractivity contribution < 1.29 is 22.9 Å². The summed E-state index contributed by atoms with van der Waals surface area (Å²) in [5.74, 6) is 0. The molecule has 2 N–H and O–H groups in total. The van der Waals surface area contributed by atoms with Gasteiger partial charge in [0.1, 0.15) is 0 Å². The first-order valence-electron chi connectivity index (χ1n) is 10.6. The Hall–Kier alpha value is -3.22. The number of hydrogen-bond acceptors (Lipinski definition) is 7. The molecule has 2 aliphatic rings. The highest BCUT2D eigenvalue weighted by Gasteiger charge is 2.28. The Morgan fingerprint density at radius 3 is 2.27 bits per heavy atom. The summed E-state index contributed by atoms with van der Waals surface area (Å²) in [6, 6.07) is 9.63. The van der Waals surface area contributed by atoms with E-state index in [-0.39, 0.29) is 23.7 Å². The minimum absolute atomic E-state index is 0.0849. The number of ether oxygens (including phenoxy) is 1. The van der Waals surface area contributed by atoms with Crippen LogP contribution in [-0.2, 0) is 14.8 Å². The molecule has 33 heavy (non-hydrogen) atoms. The molecule has 0 atom stereocenters. The van der Waals surface area contributed by atoms with Crippen LogP contribution < -0.4 is 15.5 Å². The molecule has 11 nitrogen and oxygen atoms in total. The highest BCUT2D eigenvalue weighted by Crippen LogP contribution is 2.32. The molecule has 2 amide bonds. The van der Waals surface area contributed by atoms with Gasteiger partial charge in [-0.2, -0.15) is 4.31 Å². The number of urea groups is 1. The molecule has 0 aliphatic carbocycles. The van der Waals surface area contributed by atoms with Gasteiger partial charge < -0.3 is 20.3 Å². The Labute approximate surface area is 191 Å². The number of nitro benzene ring substituents is 1. The lowest BCUT2D eigenvalue weighted by molar-refractivity contribution is -0.384. The summed E-state index contributed by atoms with van der Waals surface area (Å²) < 4.78 is 32.9. The Balaban J connectivity index is 1.58. The van der Waals surface area contributed by atoms with E-state index in [4.69, 9.17) is 4.74 Å². The lowest BCUT2D eigenvalue weighted by Gasteiger charge is -2.27. The molecule has 0 unspecified atom stereocenters. The van der Waals surface area contributed by atoms with Crippen molar-refractivity contribution in [3.8, 4) is 0 Å². The van der Waals surface area contributed by atoms with Crippen molar-refractivity contribution in [2.75, 3.05) is 54.9 Å². The Bertz CT molecular complexity index is 1130. The van der Waals surface area contributed by atoms with Crippen LogP contribution in [0.15, 0.2) is 47.4 Å². The predicted octanol–water partition coefficient (Wildman–Crippen LogP) is 2.86. The predicted molar refractivity (Wildman–Crippen MR) is 123 cm³/mol. The second kappa shape index (κ2) is 9.73. The SMILES string of the molecule is O=C(Nc1ccc([N+](=O)[O-])cc1)Nc1cc(S(=O)(=O)N2CCOCC2)ccc1N1CCCC1. The minimum Gasteiger partial charge on any atom is -0.379 e. The summed E-state index contributed by atoms with van der Waals surface area (Å²) in [6.07, 6.45) is 2.03. The smallest absolute Gasteiger partial charge is 0.323 e. The van der Waals surface area contributed by atoms with Gasteiger partial charge in [-0.25, -0.2) is 13.2 Å². The van der Waals surface area contributed by atoms with E-state index in [1.165, 1.54) is 34.6 Å². The van der Waals surface area contributed by atoms with E-state index in [0.29, 0.717) is 24.6 Å². The van der Waals surface area contributed by atoms with Gasteiger partial charge in [0.15, 0.2) is 0 Å². The maximum atomic E-state index is 13.1. The average Bonchev–Trinajstić information content (AvgIpc) is 3.34. The number of anilines is 3. The minimum atomic E-state index is -3.73. The van der Waals surface area contributed by atoms with Gasteiger partial charge >= 0.3 is 6.03 Å². The monoisotopic (exact) mass is 475 g/mol. The summed E-state index contributed by atoms with van der Waals surface area (Å²) >= 11 is 0. The molecule has 12 heteroatoms. The number of benzene rings is 2. The Kier molecular flexibility index (Phi) is 6.77. The molecule has 0 saturated carbocycles. The van der Waals surface area contributed by atoms with E-state index in [1.807, 2.05) is 0 Å². The molecule has 0 radical (unpaired) electrons. The first-order valence-corrected chi connectivity index (χ1v) is 12.1. The fourth-order valence-electron chi connectivity index (χ4n) is 3.90. The highest BCUT2D eigenvalue weighted by molar-refractivity contribution is 7.89. The molecule has 2 aliphatic heterocycles. The Morgan fingerprint density at radius 1 is 0.970 bits per heavy atom. The number of carbonyl (C=O) groups is 1. The van der Waals surface area contributed by atoms with Crippen LogP contribution in [0, 0.1) is 10.1 Å². The lowest BCUT2D eigenvalue weighted by Crippen LogP contribution is -2.40. The zero-order valence-corrected chi connectivity index (χ0v) is 18.7. The van der Waals surface area contributed by atoms with Crippen molar-refractivity contribution in [1.82, 2.24) is 4.31 Å². The van der Waals surface area contributed by atoms with Crippen molar-refractivity contribution in [2.24, 2.45) is 0 Å². The fraction of sp³-hybridized carbons (Fsp3) is 0.381. The van der Waals surface area contributed by atoms with Crippen LogP contribution in [0.25, 0.3) is 0 Å². The summed E-state index contributed by atoms with van der Waals surface area (Å²) in [7, 11) is -3.73. The number of hydrogen-bond donors (Lipinski definition) is 2. The number of nitrogens with zero attached hydrogens (tertiary/aromatic N) is 3. The third-order valence-electron chi connectivity index (χ3n) is 5.61. The standard InChI is InChI=1S/C21H25N5O6S/c27-21(22-16-3-5-17(6-4-16)26(28)29)23-19-15-18(7-8-20(19)24-9-1-2-10-24)33(30,31)25-11-13-32-14-12-25/h3-8,15H,1-2,9-14H2,(H2,22,23,27).